The van der Waals surface area contributed by atoms with Crippen LogP contribution in [0.1, 0.15) is 69.0 Å². The summed E-state index contributed by atoms with van der Waals surface area (Å²) in [4.78, 5) is 3.89. The van der Waals surface area contributed by atoms with Gasteiger partial charge in [0.15, 0.2) is 0 Å². The van der Waals surface area contributed by atoms with E-state index in [2.05, 4.69) is 20.8 Å². The van der Waals surface area contributed by atoms with Crippen LogP contribution in [0.4, 0.5) is 0 Å². The van der Waals surface area contributed by atoms with Crippen molar-refractivity contribution in [2.45, 2.75) is 63.3 Å². The van der Waals surface area contributed by atoms with Gasteiger partial charge in [-0.25, -0.2) is 4.98 Å². The molecule has 0 amide bonds. The highest BCUT2D eigenvalue weighted by Gasteiger charge is 2.31. The predicted molar refractivity (Wildman–Crippen MR) is 95.8 cm³/mol. The molecule has 25 heavy (non-hydrogen) atoms. The Bertz CT molecular complexity index is 677. The summed E-state index contributed by atoms with van der Waals surface area (Å²) in [7, 11) is 0. The first-order valence-electron chi connectivity index (χ1n) is 9.62. The number of aromatic hydroxyl groups is 1. The molecule has 2 aliphatic carbocycles. The smallest absolute Gasteiger partial charge is 0.210 e. The van der Waals surface area contributed by atoms with E-state index in [0.29, 0.717) is 24.5 Å². The van der Waals surface area contributed by atoms with Crippen LogP contribution in [-0.4, -0.2) is 26.5 Å². The van der Waals surface area contributed by atoms with Crippen LogP contribution in [0.2, 0.25) is 0 Å². The third kappa shape index (κ3) is 3.65. The van der Waals surface area contributed by atoms with Crippen LogP contribution in [0.5, 0.6) is 11.6 Å². The molecule has 1 N–H and O–H groups in total. The van der Waals surface area contributed by atoms with Crippen molar-refractivity contribution in [3.63, 3.8) is 0 Å². The van der Waals surface area contributed by atoms with Crippen molar-refractivity contribution in [2.75, 3.05) is 6.61 Å². The van der Waals surface area contributed by atoms with E-state index >= 15 is 0 Å². The highest BCUT2D eigenvalue weighted by molar-refractivity contribution is 5.22. The summed E-state index contributed by atoms with van der Waals surface area (Å²) in [5.41, 5.74) is 1.41. The van der Waals surface area contributed by atoms with Gasteiger partial charge < -0.3 is 9.84 Å². The fourth-order valence-electron chi connectivity index (χ4n) is 4.53. The molecule has 2 aromatic heterocycles. The second kappa shape index (κ2) is 7.46. The Kier molecular flexibility index (Phi) is 4.90. The number of rotatable bonds is 5. The van der Waals surface area contributed by atoms with Crippen molar-refractivity contribution in [3.8, 4) is 11.6 Å². The van der Waals surface area contributed by atoms with Gasteiger partial charge in [-0.3, -0.25) is 4.68 Å². The summed E-state index contributed by atoms with van der Waals surface area (Å²) in [6.07, 6.45) is 13.7. The normalized spacial score (nSPS) is 24.5. The molecule has 0 spiro atoms. The molecule has 0 bridgehead atoms. The topological polar surface area (TPSA) is 60.2 Å². The molecule has 2 heterocycles. The number of hydrogen-bond donors (Lipinski definition) is 1. The summed E-state index contributed by atoms with van der Waals surface area (Å²) >= 11 is 0. The molecular weight excluding hydrogens is 314 g/mol. The Morgan fingerprint density at radius 3 is 2.64 bits per heavy atom. The van der Waals surface area contributed by atoms with E-state index in [-0.39, 0.29) is 5.88 Å². The third-order valence-corrected chi connectivity index (χ3v) is 5.85. The number of pyridine rings is 1. The second-order valence-corrected chi connectivity index (χ2v) is 7.45. The Morgan fingerprint density at radius 1 is 1.04 bits per heavy atom. The van der Waals surface area contributed by atoms with E-state index in [1.165, 1.54) is 57.1 Å². The van der Waals surface area contributed by atoms with Crippen LogP contribution in [0.3, 0.4) is 0 Å². The van der Waals surface area contributed by atoms with Crippen molar-refractivity contribution in [1.29, 1.82) is 0 Å². The van der Waals surface area contributed by atoms with Crippen LogP contribution < -0.4 is 4.74 Å². The van der Waals surface area contributed by atoms with Crippen LogP contribution >= 0.6 is 0 Å². The summed E-state index contributed by atoms with van der Waals surface area (Å²) in [5, 5.41) is 14.0. The standard InChI is InChI=1S/C20H27N3O2/c24-20-10-9-17(13-21-20)25-14-15-5-1-4-8-18(15)19-11-12-22-23(19)16-6-2-3-7-16/h9-13,15-16,18H,1-8,14H2,(H,21,24). The van der Waals surface area contributed by atoms with Gasteiger partial charge in [-0.2, -0.15) is 5.10 Å². The van der Waals surface area contributed by atoms with Crippen molar-refractivity contribution in [2.24, 2.45) is 5.92 Å². The quantitative estimate of drug-likeness (QED) is 0.873. The van der Waals surface area contributed by atoms with Gasteiger partial charge in [0, 0.05) is 29.8 Å². The SMILES string of the molecule is Oc1ccc(OCC2CCCCC2c2ccnn2C2CCCC2)cn1. The lowest BCUT2D eigenvalue weighted by Crippen LogP contribution is -2.26. The molecule has 0 radical (unpaired) electrons. The van der Waals surface area contributed by atoms with E-state index in [4.69, 9.17) is 4.74 Å². The molecule has 2 fully saturated rings. The summed E-state index contributed by atoms with van der Waals surface area (Å²) in [6.45, 7) is 0.701. The number of ether oxygens (including phenoxy) is 1. The Morgan fingerprint density at radius 2 is 1.84 bits per heavy atom. The predicted octanol–water partition coefficient (Wildman–Crippen LogP) is 4.45. The first-order valence-corrected chi connectivity index (χ1v) is 9.62. The van der Waals surface area contributed by atoms with E-state index in [9.17, 15) is 5.11 Å². The van der Waals surface area contributed by atoms with Crippen LogP contribution in [0.15, 0.2) is 30.6 Å². The monoisotopic (exact) mass is 341 g/mol. The average Bonchev–Trinajstić information content (AvgIpc) is 3.33. The minimum atomic E-state index is 0.0309. The van der Waals surface area contributed by atoms with Gasteiger partial charge in [-0.15, -0.1) is 0 Å². The molecular formula is C20H27N3O2. The molecule has 134 valence electrons. The zero-order chi connectivity index (χ0) is 17.1. The molecule has 5 heteroatoms. The van der Waals surface area contributed by atoms with Gasteiger partial charge in [-0.1, -0.05) is 25.7 Å². The molecule has 2 unspecified atom stereocenters. The lowest BCUT2D eigenvalue weighted by atomic mass is 9.77. The molecule has 5 nitrogen and oxygen atoms in total. The van der Waals surface area contributed by atoms with Crippen molar-refractivity contribution < 1.29 is 9.84 Å². The van der Waals surface area contributed by atoms with Crippen molar-refractivity contribution >= 4 is 0 Å². The first-order chi connectivity index (χ1) is 12.3. The first kappa shape index (κ1) is 16.4. The van der Waals surface area contributed by atoms with E-state index in [1.807, 2.05) is 6.20 Å². The fraction of sp³-hybridized carbons (Fsp3) is 0.600. The highest BCUT2D eigenvalue weighted by atomic mass is 16.5. The summed E-state index contributed by atoms with van der Waals surface area (Å²) < 4.78 is 8.31. The molecule has 4 rings (SSSR count). The third-order valence-electron chi connectivity index (χ3n) is 5.85. The van der Waals surface area contributed by atoms with Gasteiger partial charge in [0.25, 0.3) is 0 Å². The van der Waals surface area contributed by atoms with Crippen molar-refractivity contribution in [3.05, 3.63) is 36.3 Å². The molecule has 0 saturated heterocycles. The second-order valence-electron chi connectivity index (χ2n) is 7.45. The summed E-state index contributed by atoms with van der Waals surface area (Å²) in [6, 6.07) is 6.17. The van der Waals surface area contributed by atoms with E-state index in [1.54, 1.807) is 18.3 Å². The Labute approximate surface area is 149 Å². The molecule has 2 atom stereocenters. The van der Waals surface area contributed by atoms with Crippen molar-refractivity contribution in [1.82, 2.24) is 14.8 Å². The Balaban J connectivity index is 1.47. The zero-order valence-electron chi connectivity index (χ0n) is 14.7. The molecule has 2 aromatic rings. The minimum Gasteiger partial charge on any atom is -0.493 e. The number of nitrogens with zero attached hydrogens (tertiary/aromatic N) is 3. The van der Waals surface area contributed by atoms with Gasteiger partial charge in [0.05, 0.1) is 18.8 Å². The Hall–Kier alpha value is -2.04. The van der Waals surface area contributed by atoms with E-state index in [0.717, 1.165) is 5.75 Å². The molecule has 0 aliphatic heterocycles. The summed E-state index contributed by atoms with van der Waals surface area (Å²) in [5.74, 6) is 1.80. The highest BCUT2D eigenvalue weighted by Crippen LogP contribution is 2.40. The van der Waals surface area contributed by atoms with Gasteiger partial charge in [-0.05, 0) is 37.8 Å². The molecule has 0 aromatic carbocycles. The van der Waals surface area contributed by atoms with Gasteiger partial charge >= 0.3 is 0 Å². The number of hydrogen-bond acceptors (Lipinski definition) is 4. The maximum absolute atomic E-state index is 9.30. The zero-order valence-corrected chi connectivity index (χ0v) is 14.7. The largest absolute Gasteiger partial charge is 0.493 e. The van der Waals surface area contributed by atoms with E-state index < -0.39 is 0 Å². The lowest BCUT2D eigenvalue weighted by Gasteiger charge is -2.32. The maximum Gasteiger partial charge on any atom is 0.210 e. The number of aromatic nitrogens is 3. The van der Waals surface area contributed by atoms with Crippen LogP contribution in [-0.2, 0) is 0 Å². The lowest BCUT2D eigenvalue weighted by molar-refractivity contribution is 0.179. The van der Waals surface area contributed by atoms with Gasteiger partial charge in [0.1, 0.15) is 5.75 Å². The van der Waals surface area contributed by atoms with Gasteiger partial charge in [0.2, 0.25) is 5.88 Å². The fourth-order valence-corrected chi connectivity index (χ4v) is 4.53. The average molecular weight is 341 g/mol. The maximum atomic E-state index is 9.30. The molecule has 2 saturated carbocycles. The molecule has 2 aliphatic rings. The minimum absolute atomic E-state index is 0.0309. The van der Waals surface area contributed by atoms with Crippen LogP contribution in [0.25, 0.3) is 0 Å². The van der Waals surface area contributed by atoms with Crippen LogP contribution in [0, 0.1) is 5.92 Å².